The maximum atomic E-state index is 11.5. The predicted octanol–water partition coefficient (Wildman–Crippen LogP) is 3.20. The summed E-state index contributed by atoms with van der Waals surface area (Å²) in [6.45, 7) is 3.79. The first-order valence-corrected chi connectivity index (χ1v) is 5.84. The Kier molecular flexibility index (Phi) is 4.28. The molecule has 0 aliphatic heterocycles. The predicted molar refractivity (Wildman–Crippen MR) is 62.5 cm³/mol. The monoisotopic (exact) mass is 274 g/mol. The number of nitrogens with zero attached hydrogens (tertiary/aromatic N) is 1. The number of anilines is 1. The van der Waals surface area contributed by atoms with Gasteiger partial charge in [0, 0.05) is 5.57 Å². The zero-order valence-corrected chi connectivity index (χ0v) is 10.4. The number of nitrogens with one attached hydrogen (secondary N) is 1. The van der Waals surface area contributed by atoms with Gasteiger partial charge in [-0.3, -0.25) is 10.1 Å². The summed E-state index contributed by atoms with van der Waals surface area (Å²) in [6.07, 6.45) is 4.41. The van der Waals surface area contributed by atoms with E-state index >= 15 is 0 Å². The third kappa shape index (κ3) is 3.23. The van der Waals surface area contributed by atoms with Crippen LogP contribution in [0.25, 0.3) is 0 Å². The van der Waals surface area contributed by atoms with E-state index in [9.17, 15) is 4.79 Å². The first-order valence-electron chi connectivity index (χ1n) is 4.23. The van der Waals surface area contributed by atoms with Gasteiger partial charge in [0.1, 0.15) is 0 Å². The lowest BCUT2D eigenvalue weighted by atomic mass is 10.2. The molecule has 0 aliphatic rings. The van der Waals surface area contributed by atoms with Crippen LogP contribution in [-0.4, -0.2) is 10.9 Å². The van der Waals surface area contributed by atoms with Crippen molar-refractivity contribution in [1.82, 2.24) is 4.98 Å². The average molecular weight is 275 g/mol. The van der Waals surface area contributed by atoms with Crippen molar-refractivity contribution in [3.8, 4) is 0 Å². The summed E-state index contributed by atoms with van der Waals surface area (Å²) in [5.74, 6) is -0.0892. The van der Waals surface area contributed by atoms with Crippen LogP contribution >= 0.6 is 27.3 Å². The fourth-order valence-corrected chi connectivity index (χ4v) is 2.01. The smallest absolute Gasteiger partial charge is 0.252 e. The van der Waals surface area contributed by atoms with E-state index in [2.05, 4.69) is 26.2 Å². The number of allylic oxidation sites excluding steroid dienone is 1. The topological polar surface area (TPSA) is 42.0 Å². The van der Waals surface area contributed by atoms with E-state index in [1.54, 1.807) is 13.1 Å². The van der Waals surface area contributed by atoms with Crippen LogP contribution in [0, 0.1) is 0 Å². The van der Waals surface area contributed by atoms with Crippen molar-refractivity contribution in [1.29, 1.82) is 0 Å². The highest BCUT2D eigenvalue weighted by atomic mass is 79.9. The van der Waals surface area contributed by atoms with Crippen LogP contribution in [0.15, 0.2) is 21.6 Å². The Morgan fingerprint density at radius 1 is 1.79 bits per heavy atom. The number of carbonyl (C=O) groups excluding carboxylic acids is 1. The molecule has 0 atom stereocenters. The number of hydrogen-bond donors (Lipinski definition) is 1. The second-order valence-electron chi connectivity index (χ2n) is 2.72. The third-order valence-electron chi connectivity index (χ3n) is 1.57. The van der Waals surface area contributed by atoms with Crippen molar-refractivity contribution >= 4 is 38.3 Å². The van der Waals surface area contributed by atoms with Gasteiger partial charge >= 0.3 is 0 Å². The lowest BCUT2D eigenvalue weighted by Crippen LogP contribution is -2.12. The molecule has 3 nitrogen and oxygen atoms in total. The van der Waals surface area contributed by atoms with Gasteiger partial charge in [0.25, 0.3) is 5.91 Å². The van der Waals surface area contributed by atoms with Gasteiger partial charge in [0.05, 0.1) is 9.98 Å². The summed E-state index contributed by atoms with van der Waals surface area (Å²) in [5.41, 5.74) is 0.721. The minimum Gasteiger partial charge on any atom is -0.298 e. The normalized spacial score (nSPS) is 11.5. The highest BCUT2D eigenvalue weighted by Crippen LogP contribution is 2.23. The molecule has 0 fully saturated rings. The molecule has 5 heteroatoms. The zero-order valence-electron chi connectivity index (χ0n) is 8.00. The standard InChI is InChI=1S/C9H11BrN2OS/c1-3-4-6(2)8(13)12-9-11-5-7(10)14-9/h4-5H,3H2,1-2H3,(H,11,12,13)/b6-4+. The first-order chi connectivity index (χ1) is 6.63. The Morgan fingerprint density at radius 3 is 3.00 bits per heavy atom. The van der Waals surface area contributed by atoms with Crippen molar-refractivity contribution in [2.75, 3.05) is 5.32 Å². The van der Waals surface area contributed by atoms with E-state index in [0.29, 0.717) is 5.13 Å². The maximum absolute atomic E-state index is 11.5. The SMILES string of the molecule is CC/C=C(\C)C(=O)Nc1ncc(Br)s1. The summed E-state index contributed by atoms with van der Waals surface area (Å²) in [5, 5.41) is 3.33. The maximum Gasteiger partial charge on any atom is 0.252 e. The van der Waals surface area contributed by atoms with Gasteiger partial charge < -0.3 is 0 Å². The van der Waals surface area contributed by atoms with Gasteiger partial charge in [0.2, 0.25) is 0 Å². The third-order valence-corrected chi connectivity index (χ3v) is 2.96. The summed E-state index contributed by atoms with van der Waals surface area (Å²) >= 11 is 4.68. The van der Waals surface area contributed by atoms with E-state index in [0.717, 1.165) is 15.8 Å². The summed E-state index contributed by atoms with van der Waals surface area (Å²) < 4.78 is 0.907. The fourth-order valence-electron chi connectivity index (χ4n) is 0.907. The Morgan fingerprint density at radius 2 is 2.50 bits per heavy atom. The number of amides is 1. The van der Waals surface area contributed by atoms with Crippen LogP contribution in [0.5, 0.6) is 0 Å². The Hall–Kier alpha value is -0.680. The molecule has 1 heterocycles. The molecule has 0 aromatic carbocycles. The second kappa shape index (κ2) is 5.26. The van der Waals surface area contributed by atoms with Crippen LogP contribution in [0.3, 0.4) is 0 Å². The molecular formula is C9H11BrN2OS. The molecule has 1 N–H and O–H groups in total. The molecule has 76 valence electrons. The fraction of sp³-hybridized carbons (Fsp3) is 0.333. The van der Waals surface area contributed by atoms with Crippen LogP contribution in [0.2, 0.25) is 0 Å². The molecular weight excluding hydrogens is 264 g/mol. The Labute approximate surface area is 95.4 Å². The van der Waals surface area contributed by atoms with Crippen molar-refractivity contribution < 1.29 is 4.79 Å². The molecule has 14 heavy (non-hydrogen) atoms. The van der Waals surface area contributed by atoms with Crippen molar-refractivity contribution in [3.05, 3.63) is 21.6 Å². The molecule has 0 aliphatic carbocycles. The van der Waals surface area contributed by atoms with Gasteiger partial charge in [-0.2, -0.15) is 0 Å². The average Bonchev–Trinajstić information content (AvgIpc) is 2.51. The highest BCUT2D eigenvalue weighted by molar-refractivity contribution is 9.11. The Balaban J connectivity index is 2.61. The number of thiazole rings is 1. The van der Waals surface area contributed by atoms with Gasteiger partial charge in [0.15, 0.2) is 5.13 Å². The van der Waals surface area contributed by atoms with E-state index in [4.69, 9.17) is 0 Å². The lowest BCUT2D eigenvalue weighted by Gasteiger charge is -2.00. The zero-order chi connectivity index (χ0) is 10.6. The molecule has 1 aromatic heterocycles. The molecule has 1 rings (SSSR count). The highest BCUT2D eigenvalue weighted by Gasteiger charge is 2.06. The van der Waals surface area contributed by atoms with Crippen LogP contribution in [-0.2, 0) is 4.79 Å². The minimum atomic E-state index is -0.0892. The molecule has 0 unspecified atom stereocenters. The van der Waals surface area contributed by atoms with Crippen molar-refractivity contribution in [2.24, 2.45) is 0 Å². The number of aromatic nitrogens is 1. The van der Waals surface area contributed by atoms with E-state index < -0.39 is 0 Å². The Bertz CT molecular complexity index is 359. The van der Waals surface area contributed by atoms with Gasteiger partial charge in [-0.05, 0) is 29.3 Å². The minimum absolute atomic E-state index is 0.0892. The molecule has 0 saturated carbocycles. The quantitative estimate of drug-likeness (QED) is 0.861. The molecule has 0 radical (unpaired) electrons. The first kappa shape index (κ1) is 11.4. The molecule has 1 amide bonds. The second-order valence-corrected chi connectivity index (χ2v) is 5.13. The largest absolute Gasteiger partial charge is 0.298 e. The van der Waals surface area contributed by atoms with Crippen LogP contribution in [0.4, 0.5) is 5.13 Å². The summed E-state index contributed by atoms with van der Waals surface area (Å²) in [4.78, 5) is 15.5. The molecule has 0 bridgehead atoms. The number of halogens is 1. The summed E-state index contributed by atoms with van der Waals surface area (Å²) in [6, 6.07) is 0. The van der Waals surface area contributed by atoms with Gasteiger partial charge in [-0.1, -0.05) is 24.3 Å². The van der Waals surface area contributed by atoms with Crippen molar-refractivity contribution in [2.45, 2.75) is 20.3 Å². The van der Waals surface area contributed by atoms with E-state index in [-0.39, 0.29) is 5.91 Å². The number of hydrogen-bond acceptors (Lipinski definition) is 3. The lowest BCUT2D eigenvalue weighted by molar-refractivity contribution is -0.112. The molecule has 0 spiro atoms. The van der Waals surface area contributed by atoms with Crippen molar-refractivity contribution in [3.63, 3.8) is 0 Å². The van der Waals surface area contributed by atoms with Crippen LogP contribution < -0.4 is 5.32 Å². The van der Waals surface area contributed by atoms with E-state index in [1.165, 1.54) is 11.3 Å². The number of carbonyl (C=O) groups is 1. The van der Waals surface area contributed by atoms with E-state index in [1.807, 2.05) is 13.0 Å². The molecule has 1 aromatic rings. The number of rotatable bonds is 3. The molecule has 0 saturated heterocycles. The van der Waals surface area contributed by atoms with Crippen LogP contribution in [0.1, 0.15) is 20.3 Å². The summed E-state index contributed by atoms with van der Waals surface area (Å²) in [7, 11) is 0. The van der Waals surface area contributed by atoms with Gasteiger partial charge in [-0.15, -0.1) is 0 Å². The van der Waals surface area contributed by atoms with Gasteiger partial charge in [-0.25, -0.2) is 4.98 Å².